The van der Waals surface area contributed by atoms with E-state index in [2.05, 4.69) is 4.72 Å². The Hall–Kier alpha value is -0.560. The zero-order valence-electron chi connectivity index (χ0n) is 9.88. The highest BCUT2D eigenvalue weighted by molar-refractivity contribution is 7.98. The first-order valence-corrected chi connectivity index (χ1v) is 8.09. The molecule has 0 aliphatic carbocycles. The van der Waals surface area contributed by atoms with E-state index in [4.69, 9.17) is 5.11 Å². The van der Waals surface area contributed by atoms with Crippen molar-refractivity contribution in [2.75, 3.05) is 12.0 Å². The molecule has 0 saturated heterocycles. The van der Waals surface area contributed by atoms with E-state index in [1.807, 2.05) is 13.2 Å². The van der Waals surface area contributed by atoms with Crippen molar-refractivity contribution in [3.05, 3.63) is 29.8 Å². The molecule has 0 bridgehead atoms. The minimum absolute atomic E-state index is 0.137. The van der Waals surface area contributed by atoms with E-state index in [-0.39, 0.29) is 17.5 Å². The van der Waals surface area contributed by atoms with E-state index in [1.54, 1.807) is 30.0 Å². The van der Waals surface area contributed by atoms with Gasteiger partial charge in [-0.15, -0.1) is 0 Å². The Balaban J connectivity index is 2.97. The molecule has 96 valence electrons. The quantitative estimate of drug-likeness (QED) is 0.819. The summed E-state index contributed by atoms with van der Waals surface area (Å²) >= 11 is 1.58. The standard InChI is InChI=1S/C11H17NO3S2/c1-9(8-16-2)12-17(14,15)11-6-4-3-5-10(11)7-13/h3-6,9,12-13H,7-8H2,1-2H3. The number of hydrogen-bond acceptors (Lipinski definition) is 4. The number of aliphatic hydroxyl groups is 1. The zero-order chi connectivity index (χ0) is 12.9. The SMILES string of the molecule is CSCC(C)NS(=O)(=O)c1ccccc1CO. The average Bonchev–Trinajstić information content (AvgIpc) is 2.28. The van der Waals surface area contributed by atoms with Crippen LogP contribution in [0.5, 0.6) is 0 Å². The van der Waals surface area contributed by atoms with Gasteiger partial charge in [-0.2, -0.15) is 11.8 Å². The number of aliphatic hydroxyl groups excluding tert-OH is 1. The molecule has 1 aromatic rings. The van der Waals surface area contributed by atoms with E-state index in [1.165, 1.54) is 6.07 Å². The molecule has 1 atom stereocenters. The number of thioether (sulfide) groups is 1. The van der Waals surface area contributed by atoms with Crippen LogP contribution in [0.25, 0.3) is 0 Å². The van der Waals surface area contributed by atoms with Crippen molar-refractivity contribution < 1.29 is 13.5 Å². The summed E-state index contributed by atoms with van der Waals surface area (Å²) in [5, 5.41) is 9.12. The maximum Gasteiger partial charge on any atom is 0.241 e. The van der Waals surface area contributed by atoms with Gasteiger partial charge in [0.2, 0.25) is 10.0 Å². The molecule has 0 spiro atoms. The molecule has 0 aliphatic rings. The van der Waals surface area contributed by atoms with Gasteiger partial charge in [-0.25, -0.2) is 13.1 Å². The Morgan fingerprint density at radius 1 is 1.41 bits per heavy atom. The van der Waals surface area contributed by atoms with Gasteiger partial charge in [0.15, 0.2) is 0 Å². The van der Waals surface area contributed by atoms with Crippen molar-refractivity contribution in [2.24, 2.45) is 0 Å². The van der Waals surface area contributed by atoms with Gasteiger partial charge in [-0.3, -0.25) is 0 Å². The van der Waals surface area contributed by atoms with Crippen LogP contribution in [0.1, 0.15) is 12.5 Å². The van der Waals surface area contributed by atoms with Crippen LogP contribution in [0, 0.1) is 0 Å². The highest BCUT2D eigenvalue weighted by atomic mass is 32.2. The topological polar surface area (TPSA) is 66.4 Å². The molecule has 0 aliphatic heterocycles. The zero-order valence-corrected chi connectivity index (χ0v) is 11.5. The van der Waals surface area contributed by atoms with Crippen LogP contribution in [0.3, 0.4) is 0 Å². The fraction of sp³-hybridized carbons (Fsp3) is 0.455. The molecule has 2 N–H and O–H groups in total. The molecule has 1 rings (SSSR count). The second-order valence-corrected chi connectivity index (χ2v) is 6.34. The van der Waals surface area contributed by atoms with E-state index in [0.29, 0.717) is 11.3 Å². The van der Waals surface area contributed by atoms with Crippen molar-refractivity contribution in [1.29, 1.82) is 0 Å². The molecule has 0 aromatic heterocycles. The largest absolute Gasteiger partial charge is 0.392 e. The lowest BCUT2D eigenvalue weighted by Crippen LogP contribution is -2.34. The van der Waals surface area contributed by atoms with Gasteiger partial charge in [0, 0.05) is 11.8 Å². The molecule has 0 radical (unpaired) electrons. The fourth-order valence-corrected chi connectivity index (χ4v) is 3.67. The highest BCUT2D eigenvalue weighted by Crippen LogP contribution is 2.15. The number of rotatable bonds is 6. The van der Waals surface area contributed by atoms with E-state index in [9.17, 15) is 8.42 Å². The van der Waals surface area contributed by atoms with Crippen LogP contribution in [0.4, 0.5) is 0 Å². The summed E-state index contributed by atoms with van der Waals surface area (Å²) in [5.41, 5.74) is 0.413. The normalized spacial score (nSPS) is 13.6. The average molecular weight is 275 g/mol. The smallest absolute Gasteiger partial charge is 0.241 e. The monoisotopic (exact) mass is 275 g/mol. The molecule has 0 fully saturated rings. The minimum atomic E-state index is -3.55. The van der Waals surface area contributed by atoms with Crippen molar-refractivity contribution >= 4 is 21.8 Å². The maximum atomic E-state index is 12.1. The van der Waals surface area contributed by atoms with Crippen molar-refractivity contribution in [3.8, 4) is 0 Å². The Labute approximate surface area is 106 Å². The van der Waals surface area contributed by atoms with E-state index < -0.39 is 10.0 Å². The molecule has 0 saturated carbocycles. The Kier molecular flexibility index (Phi) is 5.45. The molecule has 0 amide bonds. The number of benzene rings is 1. The second kappa shape index (κ2) is 6.39. The number of nitrogens with one attached hydrogen (secondary N) is 1. The van der Waals surface area contributed by atoms with E-state index in [0.717, 1.165) is 0 Å². The van der Waals surface area contributed by atoms with Gasteiger partial charge in [0.05, 0.1) is 11.5 Å². The Morgan fingerprint density at radius 3 is 2.65 bits per heavy atom. The van der Waals surface area contributed by atoms with Crippen LogP contribution in [-0.4, -0.2) is 31.6 Å². The first-order valence-electron chi connectivity index (χ1n) is 5.21. The number of hydrogen-bond donors (Lipinski definition) is 2. The van der Waals surface area contributed by atoms with Crippen LogP contribution >= 0.6 is 11.8 Å². The summed E-state index contributed by atoms with van der Waals surface area (Å²) in [6.07, 6.45) is 1.92. The van der Waals surface area contributed by atoms with Crippen LogP contribution < -0.4 is 4.72 Å². The summed E-state index contributed by atoms with van der Waals surface area (Å²) < 4.78 is 26.7. The molecule has 1 aromatic carbocycles. The van der Waals surface area contributed by atoms with Gasteiger partial charge in [0.25, 0.3) is 0 Å². The molecular weight excluding hydrogens is 258 g/mol. The minimum Gasteiger partial charge on any atom is -0.392 e. The molecule has 1 unspecified atom stereocenters. The van der Waals surface area contributed by atoms with Gasteiger partial charge in [0.1, 0.15) is 0 Å². The molecular formula is C11H17NO3S2. The van der Waals surface area contributed by atoms with Gasteiger partial charge in [-0.05, 0) is 24.8 Å². The fourth-order valence-electron chi connectivity index (χ4n) is 1.51. The van der Waals surface area contributed by atoms with Crippen LogP contribution in [0.2, 0.25) is 0 Å². The lowest BCUT2D eigenvalue weighted by atomic mass is 10.2. The van der Waals surface area contributed by atoms with Crippen LogP contribution in [0.15, 0.2) is 29.2 Å². The number of sulfonamides is 1. The third-order valence-electron chi connectivity index (χ3n) is 2.21. The highest BCUT2D eigenvalue weighted by Gasteiger charge is 2.19. The first kappa shape index (κ1) is 14.5. The molecule has 17 heavy (non-hydrogen) atoms. The maximum absolute atomic E-state index is 12.1. The van der Waals surface area contributed by atoms with Crippen molar-refractivity contribution in [2.45, 2.75) is 24.5 Å². The van der Waals surface area contributed by atoms with Gasteiger partial charge < -0.3 is 5.11 Å². The summed E-state index contributed by atoms with van der Waals surface area (Å²) in [6.45, 7) is 1.53. The van der Waals surface area contributed by atoms with Crippen LogP contribution in [-0.2, 0) is 16.6 Å². The molecule has 4 nitrogen and oxygen atoms in total. The summed E-state index contributed by atoms with van der Waals surface area (Å²) in [5.74, 6) is 0.709. The lowest BCUT2D eigenvalue weighted by Gasteiger charge is -2.14. The summed E-state index contributed by atoms with van der Waals surface area (Å²) in [7, 11) is -3.55. The lowest BCUT2D eigenvalue weighted by molar-refractivity contribution is 0.278. The van der Waals surface area contributed by atoms with Gasteiger partial charge in [-0.1, -0.05) is 18.2 Å². The summed E-state index contributed by atoms with van der Waals surface area (Å²) in [4.78, 5) is 0.149. The Bertz CT molecular complexity index is 460. The predicted octanol–water partition coefficient (Wildman–Crippen LogP) is 1.21. The first-order chi connectivity index (χ1) is 8.01. The molecule has 6 heteroatoms. The third kappa shape index (κ3) is 3.99. The molecule has 0 heterocycles. The van der Waals surface area contributed by atoms with E-state index >= 15 is 0 Å². The second-order valence-electron chi connectivity index (χ2n) is 3.74. The van der Waals surface area contributed by atoms with Gasteiger partial charge >= 0.3 is 0 Å². The third-order valence-corrected chi connectivity index (χ3v) is 4.73. The summed E-state index contributed by atoms with van der Waals surface area (Å²) in [6, 6.07) is 6.32. The Morgan fingerprint density at radius 2 is 2.06 bits per heavy atom. The van der Waals surface area contributed by atoms with Crippen molar-refractivity contribution in [3.63, 3.8) is 0 Å². The predicted molar refractivity (Wildman–Crippen MR) is 70.5 cm³/mol. The van der Waals surface area contributed by atoms with Crippen molar-refractivity contribution in [1.82, 2.24) is 4.72 Å².